The number of hydrogen-bond donors (Lipinski definition) is 0. The molecule has 1 aliphatic heterocycles. The van der Waals surface area contributed by atoms with E-state index in [2.05, 4.69) is 4.98 Å². The topological polar surface area (TPSA) is 39.2 Å². The Labute approximate surface area is 93.6 Å². The van der Waals surface area contributed by atoms with Crippen molar-refractivity contribution in [2.45, 2.75) is 31.8 Å². The van der Waals surface area contributed by atoms with Gasteiger partial charge in [-0.3, -0.25) is 9.78 Å². The number of ether oxygens (including phenoxy) is 1. The lowest BCUT2D eigenvalue weighted by atomic mass is 9.87. The van der Waals surface area contributed by atoms with Crippen LogP contribution in [0.3, 0.4) is 0 Å². The van der Waals surface area contributed by atoms with Crippen molar-refractivity contribution >= 4 is 5.78 Å². The average Bonchev–Trinajstić information content (AvgIpc) is 2.29. The standard InChI is InChI=1S/C12H14FNO2/c1-2-12(7-10(15)5-6-16-12)11-4-3-9(13)8-14-11/h3-4,8H,2,5-7H2,1H3. The smallest absolute Gasteiger partial charge is 0.141 e. The fraction of sp³-hybridized carbons (Fsp3) is 0.500. The van der Waals surface area contributed by atoms with E-state index >= 15 is 0 Å². The Hall–Kier alpha value is -1.29. The summed E-state index contributed by atoms with van der Waals surface area (Å²) in [5.41, 5.74) is -0.00676. The van der Waals surface area contributed by atoms with E-state index in [1.54, 1.807) is 6.07 Å². The molecule has 2 heterocycles. The van der Waals surface area contributed by atoms with Crippen LogP contribution < -0.4 is 0 Å². The Morgan fingerprint density at radius 2 is 2.38 bits per heavy atom. The Balaban J connectivity index is 2.33. The van der Waals surface area contributed by atoms with E-state index in [1.165, 1.54) is 6.07 Å². The first kappa shape index (κ1) is 11.2. The van der Waals surface area contributed by atoms with E-state index in [1.807, 2.05) is 6.92 Å². The van der Waals surface area contributed by atoms with Crippen LogP contribution in [-0.2, 0) is 15.1 Å². The van der Waals surface area contributed by atoms with Gasteiger partial charge in [0.05, 0.1) is 18.5 Å². The summed E-state index contributed by atoms with van der Waals surface area (Å²) >= 11 is 0. The first-order valence-electron chi connectivity index (χ1n) is 5.44. The quantitative estimate of drug-likeness (QED) is 0.771. The molecule has 0 spiro atoms. The van der Waals surface area contributed by atoms with Crippen LogP contribution in [0.5, 0.6) is 0 Å². The van der Waals surface area contributed by atoms with Crippen molar-refractivity contribution < 1.29 is 13.9 Å². The van der Waals surface area contributed by atoms with Crippen molar-refractivity contribution in [1.29, 1.82) is 0 Å². The predicted molar refractivity (Wildman–Crippen MR) is 56.4 cm³/mol. The summed E-state index contributed by atoms with van der Waals surface area (Å²) in [5, 5.41) is 0. The summed E-state index contributed by atoms with van der Waals surface area (Å²) in [7, 11) is 0. The Kier molecular flexibility index (Phi) is 3.01. The third kappa shape index (κ3) is 1.97. The highest BCUT2D eigenvalue weighted by molar-refractivity contribution is 5.80. The fourth-order valence-corrected chi connectivity index (χ4v) is 2.04. The molecule has 0 aromatic carbocycles. The number of Topliss-reactive ketones (excluding diaryl/α,β-unsaturated/α-hetero) is 1. The Bertz CT molecular complexity index is 391. The highest BCUT2D eigenvalue weighted by Crippen LogP contribution is 2.35. The van der Waals surface area contributed by atoms with E-state index < -0.39 is 5.60 Å². The third-order valence-electron chi connectivity index (χ3n) is 3.01. The number of rotatable bonds is 2. The number of ketones is 1. The molecule has 16 heavy (non-hydrogen) atoms. The summed E-state index contributed by atoms with van der Waals surface area (Å²) in [4.78, 5) is 15.5. The van der Waals surface area contributed by atoms with E-state index in [4.69, 9.17) is 4.74 Å². The lowest BCUT2D eigenvalue weighted by Gasteiger charge is -2.35. The van der Waals surface area contributed by atoms with E-state index in [0.29, 0.717) is 31.6 Å². The molecule has 1 saturated heterocycles. The molecular weight excluding hydrogens is 209 g/mol. The summed E-state index contributed by atoms with van der Waals surface area (Å²) in [6.45, 7) is 2.37. The van der Waals surface area contributed by atoms with Gasteiger partial charge in [-0.05, 0) is 18.6 Å². The number of carbonyl (C=O) groups is 1. The van der Waals surface area contributed by atoms with Crippen LogP contribution >= 0.6 is 0 Å². The lowest BCUT2D eigenvalue weighted by Crippen LogP contribution is -2.37. The molecule has 0 aliphatic carbocycles. The first-order valence-corrected chi connectivity index (χ1v) is 5.44. The second-order valence-corrected chi connectivity index (χ2v) is 4.02. The Morgan fingerprint density at radius 3 is 2.94 bits per heavy atom. The SMILES string of the molecule is CCC1(c2ccc(F)cn2)CC(=O)CCO1. The largest absolute Gasteiger partial charge is 0.368 e. The van der Waals surface area contributed by atoms with Gasteiger partial charge in [-0.1, -0.05) is 6.92 Å². The van der Waals surface area contributed by atoms with E-state index in [-0.39, 0.29) is 11.6 Å². The van der Waals surface area contributed by atoms with Crippen LogP contribution in [0.15, 0.2) is 18.3 Å². The van der Waals surface area contributed by atoms with Crippen LogP contribution in [0.25, 0.3) is 0 Å². The average molecular weight is 223 g/mol. The minimum atomic E-state index is -0.650. The second-order valence-electron chi connectivity index (χ2n) is 4.02. The minimum absolute atomic E-state index is 0.180. The maximum Gasteiger partial charge on any atom is 0.141 e. The fourth-order valence-electron chi connectivity index (χ4n) is 2.04. The number of carbonyl (C=O) groups excluding carboxylic acids is 1. The molecule has 1 fully saturated rings. The summed E-state index contributed by atoms with van der Waals surface area (Å²) in [5.74, 6) is -0.198. The molecule has 1 aromatic rings. The Morgan fingerprint density at radius 1 is 1.56 bits per heavy atom. The zero-order chi connectivity index (χ0) is 11.6. The predicted octanol–water partition coefficient (Wildman–Crippen LogP) is 2.21. The molecule has 1 atom stereocenters. The molecule has 86 valence electrons. The normalized spacial score (nSPS) is 25.8. The molecule has 0 bridgehead atoms. The molecular formula is C12H14FNO2. The van der Waals surface area contributed by atoms with Gasteiger partial charge in [0.2, 0.25) is 0 Å². The van der Waals surface area contributed by atoms with Gasteiger partial charge < -0.3 is 4.74 Å². The van der Waals surface area contributed by atoms with Crippen molar-refractivity contribution in [2.24, 2.45) is 0 Å². The van der Waals surface area contributed by atoms with Crippen molar-refractivity contribution in [2.75, 3.05) is 6.61 Å². The number of halogens is 1. The van der Waals surface area contributed by atoms with Crippen LogP contribution in [0.4, 0.5) is 4.39 Å². The van der Waals surface area contributed by atoms with Gasteiger partial charge in [-0.25, -0.2) is 4.39 Å². The maximum absolute atomic E-state index is 12.8. The molecule has 0 N–H and O–H groups in total. The highest BCUT2D eigenvalue weighted by Gasteiger charge is 2.38. The van der Waals surface area contributed by atoms with Crippen molar-refractivity contribution in [3.05, 3.63) is 29.8 Å². The van der Waals surface area contributed by atoms with Gasteiger partial charge in [-0.15, -0.1) is 0 Å². The summed E-state index contributed by atoms with van der Waals surface area (Å²) in [6.07, 6.45) is 2.62. The number of hydrogen-bond acceptors (Lipinski definition) is 3. The minimum Gasteiger partial charge on any atom is -0.368 e. The lowest BCUT2D eigenvalue weighted by molar-refractivity contribution is -0.143. The molecule has 1 unspecified atom stereocenters. The molecule has 1 aliphatic rings. The summed E-state index contributed by atoms with van der Waals surface area (Å²) < 4.78 is 18.5. The maximum atomic E-state index is 12.8. The summed E-state index contributed by atoms with van der Waals surface area (Å²) in [6, 6.07) is 2.94. The molecule has 0 radical (unpaired) electrons. The zero-order valence-corrected chi connectivity index (χ0v) is 9.20. The van der Waals surface area contributed by atoms with Gasteiger partial charge in [0.1, 0.15) is 17.2 Å². The van der Waals surface area contributed by atoms with Crippen LogP contribution in [0.1, 0.15) is 31.9 Å². The van der Waals surface area contributed by atoms with Crippen molar-refractivity contribution in [1.82, 2.24) is 4.98 Å². The number of pyridine rings is 1. The molecule has 1 aromatic heterocycles. The van der Waals surface area contributed by atoms with Crippen molar-refractivity contribution in [3.8, 4) is 0 Å². The van der Waals surface area contributed by atoms with E-state index in [0.717, 1.165) is 6.20 Å². The number of nitrogens with zero attached hydrogens (tertiary/aromatic N) is 1. The van der Waals surface area contributed by atoms with E-state index in [9.17, 15) is 9.18 Å². The zero-order valence-electron chi connectivity index (χ0n) is 9.20. The van der Waals surface area contributed by atoms with Crippen LogP contribution in [0, 0.1) is 5.82 Å². The number of aromatic nitrogens is 1. The van der Waals surface area contributed by atoms with Gasteiger partial charge in [0.15, 0.2) is 0 Å². The van der Waals surface area contributed by atoms with Crippen LogP contribution in [-0.4, -0.2) is 17.4 Å². The van der Waals surface area contributed by atoms with Crippen LogP contribution in [0.2, 0.25) is 0 Å². The molecule has 0 amide bonds. The highest BCUT2D eigenvalue weighted by atomic mass is 19.1. The molecule has 0 saturated carbocycles. The van der Waals surface area contributed by atoms with Gasteiger partial charge in [0.25, 0.3) is 0 Å². The van der Waals surface area contributed by atoms with Crippen molar-refractivity contribution in [3.63, 3.8) is 0 Å². The second kappa shape index (κ2) is 4.29. The molecule has 3 nitrogen and oxygen atoms in total. The monoisotopic (exact) mass is 223 g/mol. The van der Waals surface area contributed by atoms with Gasteiger partial charge >= 0.3 is 0 Å². The molecule has 4 heteroatoms. The third-order valence-corrected chi connectivity index (χ3v) is 3.01. The molecule has 2 rings (SSSR count). The van der Waals surface area contributed by atoms with Gasteiger partial charge in [0, 0.05) is 12.8 Å². The van der Waals surface area contributed by atoms with Gasteiger partial charge in [-0.2, -0.15) is 0 Å². The first-order chi connectivity index (χ1) is 7.66.